The lowest BCUT2D eigenvalue weighted by molar-refractivity contribution is -0.140. The minimum absolute atomic E-state index is 0.0428. The molecule has 1 aromatic carbocycles. The van der Waals surface area contributed by atoms with E-state index < -0.39 is 46.1 Å². The fraction of sp³-hybridized carbons (Fsp3) is 0.571. The zero-order valence-corrected chi connectivity index (χ0v) is 26.6. The van der Waals surface area contributed by atoms with E-state index in [4.69, 9.17) is 23.1 Å². The van der Waals surface area contributed by atoms with Crippen LogP contribution in [0.1, 0.15) is 64.2 Å². The van der Waals surface area contributed by atoms with E-state index in [1.807, 2.05) is 0 Å². The first-order chi connectivity index (χ1) is 18.7. The highest BCUT2D eigenvalue weighted by atomic mass is 28.4. The predicted octanol–water partition coefficient (Wildman–Crippen LogP) is 5.45. The second-order valence-electron chi connectivity index (χ2n) is 10.7. The number of ether oxygens (including phenoxy) is 4. The first-order valence-electron chi connectivity index (χ1n) is 13.5. The average molecular weight is 597 g/mol. The molecule has 0 aromatic heterocycles. The summed E-state index contributed by atoms with van der Waals surface area (Å²) in [5, 5.41) is 9.54. The highest BCUT2D eigenvalue weighted by Gasteiger charge is 2.32. The smallest absolute Gasteiger partial charge is 0.339 e. The number of benzene rings is 1. The van der Waals surface area contributed by atoms with Gasteiger partial charge in [0.05, 0.1) is 23.3 Å². The number of hydrogen-bond acceptors (Lipinski definition) is 9. The summed E-state index contributed by atoms with van der Waals surface area (Å²) in [5.74, 6) is -3.68. The van der Waals surface area contributed by atoms with Gasteiger partial charge in [-0.1, -0.05) is 26.3 Å². The minimum Gasteiger partial charge on any atom is -0.478 e. The van der Waals surface area contributed by atoms with Gasteiger partial charge >= 0.3 is 23.9 Å². The molecule has 0 aliphatic heterocycles. The number of carboxylic acids is 1. The molecule has 0 heterocycles. The van der Waals surface area contributed by atoms with Crippen LogP contribution in [-0.4, -0.2) is 78.7 Å². The number of esters is 3. The van der Waals surface area contributed by atoms with Crippen molar-refractivity contribution in [2.24, 2.45) is 0 Å². The van der Waals surface area contributed by atoms with Crippen LogP contribution in [0.25, 0.3) is 0 Å². The molecule has 10 nitrogen and oxygen atoms in total. The van der Waals surface area contributed by atoms with E-state index in [1.165, 1.54) is 37.9 Å². The molecule has 0 aliphatic carbocycles. The van der Waals surface area contributed by atoms with E-state index in [2.05, 4.69) is 39.7 Å². The molecular weight excluding hydrogens is 552 g/mol. The second kappa shape index (κ2) is 17.1. The number of rotatable bonds is 19. The highest BCUT2D eigenvalue weighted by Crippen LogP contribution is 2.24. The molecule has 12 heteroatoms. The lowest BCUT2D eigenvalue weighted by atomic mass is 10.0. The Morgan fingerprint density at radius 3 is 1.98 bits per heavy atom. The Balaban J connectivity index is 2.49. The third kappa shape index (κ3) is 13.5. The quantitative estimate of drug-likeness (QED) is 0.0722. The monoisotopic (exact) mass is 596 g/mol. The van der Waals surface area contributed by atoms with Crippen molar-refractivity contribution in [3.63, 3.8) is 0 Å². The predicted molar refractivity (Wildman–Crippen MR) is 156 cm³/mol. The molecule has 40 heavy (non-hydrogen) atoms. The summed E-state index contributed by atoms with van der Waals surface area (Å²) in [6, 6.07) is 5.65. The van der Waals surface area contributed by atoms with E-state index in [9.17, 15) is 24.3 Å². The number of aromatic carboxylic acids is 1. The van der Waals surface area contributed by atoms with Gasteiger partial charge in [0.1, 0.15) is 19.8 Å². The molecule has 0 saturated heterocycles. The SMILES string of the molecule is C=C(C)C(=O)OCCOC(=O)c1ccc(C(=O)OCCOCCC[Si](C)(C)O[Si](C)(C)CCCC)c(C(=O)O)c1. The number of unbranched alkanes of at least 4 members (excludes halogenated alkanes) is 1. The van der Waals surface area contributed by atoms with Gasteiger partial charge in [0, 0.05) is 12.2 Å². The van der Waals surface area contributed by atoms with Gasteiger partial charge in [-0.3, -0.25) is 0 Å². The minimum atomic E-state index is -1.78. The van der Waals surface area contributed by atoms with E-state index >= 15 is 0 Å². The van der Waals surface area contributed by atoms with Crippen LogP contribution >= 0.6 is 0 Å². The standard InChI is InChI=1S/C28H44O10Si2/c1-8-9-18-39(4,5)38-40(6,7)19-10-13-34-14-15-37-28(33)23-12-11-22(20-24(23)25(29)30)27(32)36-17-16-35-26(31)21(2)3/h11-12,20H,2,8-10,13-19H2,1,3-7H3,(H,29,30). The summed E-state index contributed by atoms with van der Waals surface area (Å²) < 4.78 is 27.2. The van der Waals surface area contributed by atoms with E-state index in [0.29, 0.717) is 6.61 Å². The molecule has 0 atom stereocenters. The Kier molecular flexibility index (Phi) is 15.1. The molecule has 0 amide bonds. The highest BCUT2D eigenvalue weighted by molar-refractivity contribution is 6.84. The number of carboxylic acid groups (broad SMARTS) is 1. The van der Waals surface area contributed by atoms with Crippen LogP contribution in [0.2, 0.25) is 38.3 Å². The van der Waals surface area contributed by atoms with Gasteiger partial charge in [-0.05, 0) is 69.8 Å². The lowest BCUT2D eigenvalue weighted by Crippen LogP contribution is -2.44. The molecular formula is C28H44O10Si2. The van der Waals surface area contributed by atoms with Crippen molar-refractivity contribution in [1.29, 1.82) is 0 Å². The molecule has 224 valence electrons. The zero-order chi connectivity index (χ0) is 30.3. The molecule has 1 aromatic rings. The number of carbonyl (C=O) groups excluding carboxylic acids is 3. The zero-order valence-electron chi connectivity index (χ0n) is 24.6. The fourth-order valence-electron chi connectivity index (χ4n) is 3.93. The summed E-state index contributed by atoms with van der Waals surface area (Å²) in [6.07, 6.45) is 3.23. The Hall–Kier alpha value is -2.81. The third-order valence-electron chi connectivity index (χ3n) is 5.82. The topological polar surface area (TPSA) is 135 Å². The van der Waals surface area contributed by atoms with Crippen molar-refractivity contribution in [3.8, 4) is 0 Å². The normalized spacial score (nSPS) is 11.6. The lowest BCUT2D eigenvalue weighted by Gasteiger charge is -2.34. The maximum absolute atomic E-state index is 12.5. The summed E-state index contributed by atoms with van der Waals surface area (Å²) in [6.45, 7) is 16.4. The molecule has 0 unspecified atom stereocenters. The van der Waals surface area contributed by atoms with Crippen molar-refractivity contribution < 1.29 is 47.3 Å². The first kappa shape index (κ1) is 35.2. The Morgan fingerprint density at radius 1 is 0.800 bits per heavy atom. The van der Waals surface area contributed by atoms with Gasteiger partial charge in [-0.15, -0.1) is 0 Å². The van der Waals surface area contributed by atoms with Gasteiger partial charge in [0.2, 0.25) is 0 Å². The third-order valence-corrected chi connectivity index (χ3v) is 13.4. The Morgan fingerprint density at radius 2 is 1.38 bits per heavy atom. The van der Waals surface area contributed by atoms with Gasteiger partial charge in [0.25, 0.3) is 0 Å². The van der Waals surface area contributed by atoms with E-state index in [-0.39, 0.29) is 43.1 Å². The van der Waals surface area contributed by atoms with Crippen LogP contribution < -0.4 is 0 Å². The fourth-order valence-corrected chi connectivity index (χ4v) is 12.9. The molecule has 0 aliphatic rings. The van der Waals surface area contributed by atoms with Crippen molar-refractivity contribution in [2.45, 2.75) is 71.4 Å². The summed E-state index contributed by atoms with van der Waals surface area (Å²) in [4.78, 5) is 47.8. The van der Waals surface area contributed by atoms with Crippen molar-refractivity contribution >= 4 is 40.5 Å². The number of hydrogen-bond donors (Lipinski definition) is 1. The molecule has 0 fully saturated rings. The van der Waals surface area contributed by atoms with Crippen molar-refractivity contribution in [2.75, 3.05) is 33.0 Å². The molecule has 0 spiro atoms. The van der Waals surface area contributed by atoms with Crippen LogP contribution in [0.4, 0.5) is 0 Å². The van der Waals surface area contributed by atoms with Crippen LogP contribution in [-0.2, 0) is 27.9 Å². The molecule has 1 N–H and O–H groups in total. The molecule has 0 saturated carbocycles. The molecule has 1 rings (SSSR count). The Labute approximate surface area is 239 Å². The average Bonchev–Trinajstić information content (AvgIpc) is 2.87. The first-order valence-corrected chi connectivity index (χ1v) is 19.7. The Bertz CT molecular complexity index is 1040. The van der Waals surface area contributed by atoms with E-state index in [1.54, 1.807) is 0 Å². The maximum Gasteiger partial charge on any atom is 0.339 e. The van der Waals surface area contributed by atoms with Gasteiger partial charge < -0.3 is 28.2 Å². The summed E-state index contributed by atoms with van der Waals surface area (Å²) >= 11 is 0. The van der Waals surface area contributed by atoms with Crippen molar-refractivity contribution in [1.82, 2.24) is 0 Å². The molecule has 0 bridgehead atoms. The summed E-state index contributed by atoms with van der Waals surface area (Å²) in [7, 11) is -3.43. The van der Waals surface area contributed by atoms with Crippen LogP contribution in [0.15, 0.2) is 30.4 Å². The second-order valence-corrected chi connectivity index (χ2v) is 19.5. The van der Waals surface area contributed by atoms with Crippen molar-refractivity contribution in [3.05, 3.63) is 47.0 Å². The van der Waals surface area contributed by atoms with Crippen LogP contribution in [0, 0.1) is 0 Å². The van der Waals surface area contributed by atoms with Crippen LogP contribution in [0.5, 0.6) is 0 Å². The number of carbonyl (C=O) groups is 4. The van der Waals surface area contributed by atoms with Gasteiger partial charge in [-0.2, -0.15) is 0 Å². The van der Waals surface area contributed by atoms with E-state index in [0.717, 1.165) is 18.5 Å². The van der Waals surface area contributed by atoms with Gasteiger partial charge in [0.15, 0.2) is 16.6 Å². The van der Waals surface area contributed by atoms with Crippen LogP contribution in [0.3, 0.4) is 0 Å². The summed E-state index contributed by atoms with van der Waals surface area (Å²) in [5.41, 5.74) is -0.456. The molecule has 0 radical (unpaired) electrons. The van der Waals surface area contributed by atoms with Gasteiger partial charge in [-0.25, -0.2) is 19.2 Å². The largest absolute Gasteiger partial charge is 0.478 e. The maximum atomic E-state index is 12.5.